The molecule has 0 fully saturated rings. The number of non-ortho nitro benzene ring substituents is 1. The van der Waals surface area contributed by atoms with Crippen LogP contribution in [0.15, 0.2) is 18.2 Å². The van der Waals surface area contributed by atoms with Gasteiger partial charge in [-0.25, -0.2) is 0 Å². The van der Waals surface area contributed by atoms with Gasteiger partial charge in [0, 0.05) is 12.1 Å². The van der Waals surface area contributed by atoms with Crippen molar-refractivity contribution in [1.29, 1.82) is 0 Å². The molecule has 7 nitrogen and oxygen atoms in total. The predicted molar refractivity (Wildman–Crippen MR) is 45.4 cm³/mol. The standard InChI is InChI=1S/C8H4N2O5/c11-7-5-2-1-4(10(14)15)3-6(5)8(12)9(7)13/h1-3,13H. The molecular formula is C8H4N2O5. The molecule has 1 aliphatic rings. The molecule has 0 atom stereocenters. The third-order valence-electron chi connectivity index (χ3n) is 2.06. The van der Waals surface area contributed by atoms with Gasteiger partial charge < -0.3 is 0 Å². The van der Waals surface area contributed by atoms with Crippen LogP contribution >= 0.6 is 0 Å². The molecular weight excluding hydrogens is 204 g/mol. The fourth-order valence-corrected chi connectivity index (χ4v) is 1.33. The van der Waals surface area contributed by atoms with Crippen molar-refractivity contribution in [3.63, 3.8) is 0 Å². The summed E-state index contributed by atoms with van der Waals surface area (Å²) in [4.78, 5) is 32.1. The van der Waals surface area contributed by atoms with Crippen LogP contribution in [-0.2, 0) is 0 Å². The highest BCUT2D eigenvalue weighted by Gasteiger charge is 2.36. The Balaban J connectivity index is 2.61. The second kappa shape index (κ2) is 2.85. The number of imide groups is 1. The van der Waals surface area contributed by atoms with Gasteiger partial charge in [-0.2, -0.15) is 0 Å². The van der Waals surface area contributed by atoms with Crippen molar-refractivity contribution in [2.75, 3.05) is 0 Å². The van der Waals surface area contributed by atoms with Gasteiger partial charge in [0.05, 0.1) is 16.1 Å². The minimum Gasteiger partial charge on any atom is -0.278 e. The van der Waals surface area contributed by atoms with E-state index in [0.717, 1.165) is 18.2 Å². The third kappa shape index (κ3) is 1.17. The van der Waals surface area contributed by atoms with E-state index in [4.69, 9.17) is 5.21 Å². The molecule has 0 unspecified atom stereocenters. The Morgan fingerprint density at radius 2 is 1.80 bits per heavy atom. The number of hydrogen-bond donors (Lipinski definition) is 1. The first-order valence-corrected chi connectivity index (χ1v) is 3.88. The number of nitro benzene ring substituents is 1. The van der Waals surface area contributed by atoms with E-state index >= 15 is 0 Å². The molecule has 0 aromatic heterocycles. The van der Waals surface area contributed by atoms with E-state index in [1.165, 1.54) is 0 Å². The summed E-state index contributed by atoms with van der Waals surface area (Å²) >= 11 is 0. The lowest BCUT2D eigenvalue weighted by atomic mass is 10.1. The summed E-state index contributed by atoms with van der Waals surface area (Å²) in [6.07, 6.45) is 0. The zero-order chi connectivity index (χ0) is 11.2. The number of carbonyl (C=O) groups excluding carboxylic acids is 2. The smallest absolute Gasteiger partial charge is 0.278 e. The zero-order valence-corrected chi connectivity index (χ0v) is 7.21. The lowest BCUT2D eigenvalue weighted by Gasteiger charge is -1.99. The number of fused-ring (bicyclic) bond motifs is 1. The Bertz CT molecular complexity index is 496. The van der Waals surface area contributed by atoms with Gasteiger partial charge in [0.1, 0.15) is 0 Å². The van der Waals surface area contributed by atoms with E-state index in [9.17, 15) is 19.7 Å². The van der Waals surface area contributed by atoms with Gasteiger partial charge in [-0.3, -0.25) is 24.9 Å². The van der Waals surface area contributed by atoms with Crippen LogP contribution in [0.5, 0.6) is 0 Å². The van der Waals surface area contributed by atoms with E-state index in [0.29, 0.717) is 0 Å². The first-order chi connectivity index (χ1) is 7.02. The topological polar surface area (TPSA) is 101 Å². The highest BCUT2D eigenvalue weighted by molar-refractivity contribution is 6.20. The average Bonchev–Trinajstić information content (AvgIpc) is 2.44. The van der Waals surface area contributed by atoms with E-state index in [1.54, 1.807) is 0 Å². The summed E-state index contributed by atoms with van der Waals surface area (Å²) in [7, 11) is 0. The van der Waals surface area contributed by atoms with Gasteiger partial charge in [0.15, 0.2) is 0 Å². The lowest BCUT2D eigenvalue weighted by Crippen LogP contribution is -2.25. The van der Waals surface area contributed by atoms with Gasteiger partial charge in [-0.05, 0) is 6.07 Å². The van der Waals surface area contributed by atoms with E-state index in [1.807, 2.05) is 0 Å². The van der Waals surface area contributed by atoms with Crippen molar-refractivity contribution in [3.8, 4) is 0 Å². The molecule has 1 aliphatic heterocycles. The van der Waals surface area contributed by atoms with Crippen LogP contribution in [0.4, 0.5) is 5.69 Å². The first-order valence-electron chi connectivity index (χ1n) is 3.88. The normalized spacial score (nSPS) is 14.3. The molecule has 15 heavy (non-hydrogen) atoms. The Labute approximate surface area is 82.6 Å². The maximum absolute atomic E-state index is 11.2. The Hall–Kier alpha value is -2.28. The lowest BCUT2D eigenvalue weighted by molar-refractivity contribution is -0.384. The van der Waals surface area contributed by atoms with Crippen LogP contribution in [0.1, 0.15) is 20.7 Å². The molecule has 0 saturated heterocycles. The third-order valence-corrected chi connectivity index (χ3v) is 2.06. The van der Waals surface area contributed by atoms with E-state index < -0.39 is 16.7 Å². The molecule has 7 heteroatoms. The van der Waals surface area contributed by atoms with Crippen molar-refractivity contribution in [3.05, 3.63) is 39.4 Å². The van der Waals surface area contributed by atoms with Crippen molar-refractivity contribution in [1.82, 2.24) is 5.06 Å². The minimum atomic E-state index is -0.946. The number of hydroxylamine groups is 2. The summed E-state index contributed by atoms with van der Waals surface area (Å²) in [5.41, 5.74) is -0.491. The number of hydrogen-bond acceptors (Lipinski definition) is 5. The Morgan fingerprint density at radius 1 is 1.20 bits per heavy atom. The number of carbonyl (C=O) groups is 2. The van der Waals surface area contributed by atoms with Gasteiger partial charge in [-0.15, -0.1) is 5.06 Å². The molecule has 0 saturated carbocycles. The highest BCUT2D eigenvalue weighted by atomic mass is 16.6. The molecule has 2 rings (SSSR count). The molecule has 1 N–H and O–H groups in total. The first kappa shape index (κ1) is 9.28. The monoisotopic (exact) mass is 208 g/mol. The maximum Gasteiger partial charge on any atom is 0.285 e. The summed E-state index contributed by atoms with van der Waals surface area (Å²) in [5, 5.41) is 19.3. The van der Waals surface area contributed by atoms with Gasteiger partial charge in [-0.1, -0.05) is 0 Å². The second-order valence-corrected chi connectivity index (χ2v) is 2.91. The fourth-order valence-electron chi connectivity index (χ4n) is 1.33. The SMILES string of the molecule is O=C1c2ccc([N+](=O)[O-])cc2C(=O)N1O. The molecule has 0 spiro atoms. The summed E-state index contributed by atoms with van der Waals surface area (Å²) < 4.78 is 0. The maximum atomic E-state index is 11.2. The van der Waals surface area contributed by atoms with Gasteiger partial charge in [0.2, 0.25) is 0 Å². The summed E-state index contributed by atoms with van der Waals surface area (Å²) in [5.74, 6) is -1.82. The largest absolute Gasteiger partial charge is 0.285 e. The van der Waals surface area contributed by atoms with Crippen LogP contribution in [0.2, 0.25) is 0 Å². The predicted octanol–water partition coefficient (Wildman–Crippen LogP) is 0.580. The average molecular weight is 208 g/mol. The molecule has 76 valence electrons. The molecule has 1 aromatic rings. The van der Waals surface area contributed by atoms with Crippen LogP contribution < -0.4 is 0 Å². The van der Waals surface area contributed by atoms with Gasteiger partial charge in [0.25, 0.3) is 17.5 Å². The number of amides is 2. The van der Waals surface area contributed by atoms with Crippen LogP contribution in [0.3, 0.4) is 0 Å². The van der Waals surface area contributed by atoms with E-state index in [-0.39, 0.29) is 21.9 Å². The second-order valence-electron chi connectivity index (χ2n) is 2.91. The minimum absolute atomic E-state index is 0.0342. The molecule has 0 bridgehead atoms. The van der Waals surface area contributed by atoms with Crippen molar-refractivity contribution >= 4 is 17.5 Å². The summed E-state index contributed by atoms with van der Waals surface area (Å²) in [6.45, 7) is 0. The van der Waals surface area contributed by atoms with E-state index in [2.05, 4.69) is 0 Å². The molecule has 0 aliphatic carbocycles. The number of rotatable bonds is 1. The van der Waals surface area contributed by atoms with Crippen LogP contribution in [0, 0.1) is 10.1 Å². The van der Waals surface area contributed by atoms with Crippen molar-refractivity contribution < 1.29 is 19.7 Å². The fraction of sp³-hybridized carbons (Fsp3) is 0. The van der Waals surface area contributed by atoms with Crippen LogP contribution in [0.25, 0.3) is 0 Å². The molecule has 0 radical (unpaired) electrons. The molecule has 2 amide bonds. The van der Waals surface area contributed by atoms with Crippen molar-refractivity contribution in [2.45, 2.75) is 0 Å². The number of benzene rings is 1. The molecule has 1 aromatic carbocycles. The number of nitrogens with zero attached hydrogens (tertiary/aromatic N) is 2. The van der Waals surface area contributed by atoms with Gasteiger partial charge >= 0.3 is 0 Å². The molecule has 1 heterocycles. The Kier molecular flexibility index (Phi) is 1.77. The zero-order valence-electron chi connectivity index (χ0n) is 7.21. The number of nitro groups is 1. The Morgan fingerprint density at radius 3 is 2.40 bits per heavy atom. The summed E-state index contributed by atoms with van der Waals surface area (Å²) in [6, 6.07) is 3.21. The quantitative estimate of drug-likeness (QED) is 0.315. The van der Waals surface area contributed by atoms with Crippen LogP contribution in [-0.4, -0.2) is 27.0 Å². The highest BCUT2D eigenvalue weighted by Crippen LogP contribution is 2.25. The van der Waals surface area contributed by atoms with Crippen molar-refractivity contribution in [2.24, 2.45) is 0 Å².